The Balaban J connectivity index is 1.57. The van der Waals surface area contributed by atoms with Crippen LogP contribution < -0.4 is 5.48 Å². The highest BCUT2D eigenvalue weighted by Crippen LogP contribution is 2.52. The van der Waals surface area contributed by atoms with Gasteiger partial charge in [-0.25, -0.2) is 20.4 Å². The Morgan fingerprint density at radius 3 is 2.86 bits per heavy atom. The summed E-state index contributed by atoms with van der Waals surface area (Å²) in [7, 11) is 0. The SMILES string of the molecule is O=C(NO)c1cccc(C2(c3nccc(-c4cnc5cnccn45)n3)CC2)c1. The number of hydroxylamine groups is 1. The van der Waals surface area contributed by atoms with Gasteiger partial charge < -0.3 is 0 Å². The van der Waals surface area contributed by atoms with Gasteiger partial charge in [0, 0.05) is 24.2 Å². The summed E-state index contributed by atoms with van der Waals surface area (Å²) in [6.07, 6.45) is 10.6. The third-order valence-corrected chi connectivity index (χ3v) is 5.19. The van der Waals surface area contributed by atoms with E-state index in [1.807, 2.05) is 22.7 Å². The Labute approximate surface area is 159 Å². The van der Waals surface area contributed by atoms with Gasteiger partial charge in [0.05, 0.1) is 29.2 Å². The lowest BCUT2D eigenvalue weighted by molar-refractivity contribution is 0.0706. The maximum absolute atomic E-state index is 11.8. The summed E-state index contributed by atoms with van der Waals surface area (Å²) in [5.41, 5.74) is 5.12. The van der Waals surface area contributed by atoms with Gasteiger partial charge in [0.25, 0.3) is 5.91 Å². The predicted molar refractivity (Wildman–Crippen MR) is 99.7 cm³/mol. The molecule has 1 aliphatic carbocycles. The summed E-state index contributed by atoms with van der Waals surface area (Å²) >= 11 is 0. The molecule has 1 saturated carbocycles. The summed E-state index contributed by atoms with van der Waals surface area (Å²) in [6, 6.07) is 9.08. The molecule has 0 bridgehead atoms. The molecule has 1 aromatic carbocycles. The number of benzene rings is 1. The zero-order valence-corrected chi connectivity index (χ0v) is 14.8. The van der Waals surface area contributed by atoms with Gasteiger partial charge in [-0.05, 0) is 36.6 Å². The maximum Gasteiger partial charge on any atom is 0.274 e. The number of hydrogen-bond donors (Lipinski definition) is 2. The number of carbonyl (C=O) groups excluding carboxylic acids is 1. The van der Waals surface area contributed by atoms with E-state index in [-0.39, 0.29) is 5.41 Å². The molecule has 1 aliphatic rings. The van der Waals surface area contributed by atoms with Crippen LogP contribution in [0, 0.1) is 0 Å². The number of nitrogens with one attached hydrogen (secondary N) is 1. The minimum Gasteiger partial charge on any atom is -0.295 e. The van der Waals surface area contributed by atoms with Crippen LogP contribution in [0.3, 0.4) is 0 Å². The van der Waals surface area contributed by atoms with Crippen LogP contribution in [-0.2, 0) is 5.41 Å². The van der Waals surface area contributed by atoms with E-state index in [9.17, 15) is 4.79 Å². The third-order valence-electron chi connectivity index (χ3n) is 5.19. The molecule has 0 atom stereocenters. The lowest BCUT2D eigenvalue weighted by Crippen LogP contribution is -2.20. The zero-order valence-electron chi connectivity index (χ0n) is 14.8. The van der Waals surface area contributed by atoms with Gasteiger partial charge in [-0.1, -0.05) is 12.1 Å². The van der Waals surface area contributed by atoms with Crippen LogP contribution in [0.25, 0.3) is 17.0 Å². The Kier molecular flexibility index (Phi) is 3.66. The van der Waals surface area contributed by atoms with Crippen molar-refractivity contribution in [2.45, 2.75) is 18.3 Å². The molecule has 2 N–H and O–H groups in total. The number of aromatic nitrogens is 5. The number of hydrogen-bond acceptors (Lipinski definition) is 6. The second-order valence-electron chi connectivity index (χ2n) is 6.82. The molecule has 1 fully saturated rings. The number of imidazole rings is 1. The number of carbonyl (C=O) groups is 1. The van der Waals surface area contributed by atoms with E-state index in [4.69, 9.17) is 10.2 Å². The first kappa shape index (κ1) is 16.5. The van der Waals surface area contributed by atoms with Crippen LogP contribution in [0.1, 0.15) is 34.6 Å². The highest BCUT2D eigenvalue weighted by Gasteiger charge is 2.49. The molecular formula is C20H16N6O2. The Bertz CT molecular complexity index is 1200. The Morgan fingerprint density at radius 2 is 2.04 bits per heavy atom. The van der Waals surface area contributed by atoms with Crippen molar-refractivity contribution in [3.63, 3.8) is 0 Å². The van der Waals surface area contributed by atoms with E-state index >= 15 is 0 Å². The van der Waals surface area contributed by atoms with Crippen molar-refractivity contribution in [1.29, 1.82) is 0 Å². The second kappa shape index (κ2) is 6.21. The molecule has 0 aliphatic heterocycles. The van der Waals surface area contributed by atoms with Crippen molar-refractivity contribution >= 4 is 11.6 Å². The maximum atomic E-state index is 11.8. The van der Waals surface area contributed by atoms with Crippen molar-refractivity contribution in [2.24, 2.45) is 0 Å². The first-order valence-corrected chi connectivity index (χ1v) is 8.87. The normalized spacial score (nSPS) is 14.8. The molecule has 8 heteroatoms. The van der Waals surface area contributed by atoms with Crippen LogP contribution in [0.4, 0.5) is 0 Å². The molecule has 3 aromatic heterocycles. The number of nitrogens with zero attached hydrogens (tertiary/aromatic N) is 5. The fourth-order valence-corrected chi connectivity index (χ4v) is 3.55. The van der Waals surface area contributed by atoms with Crippen molar-refractivity contribution in [3.8, 4) is 11.4 Å². The number of fused-ring (bicyclic) bond motifs is 1. The second-order valence-corrected chi connectivity index (χ2v) is 6.82. The molecule has 5 rings (SSSR count). The summed E-state index contributed by atoms with van der Waals surface area (Å²) in [6.45, 7) is 0. The Morgan fingerprint density at radius 1 is 1.14 bits per heavy atom. The van der Waals surface area contributed by atoms with Gasteiger partial charge in [0.1, 0.15) is 5.82 Å². The fourth-order valence-electron chi connectivity index (χ4n) is 3.55. The zero-order chi connectivity index (χ0) is 19.1. The molecule has 0 saturated heterocycles. The van der Waals surface area contributed by atoms with Crippen molar-refractivity contribution < 1.29 is 10.0 Å². The molecule has 8 nitrogen and oxygen atoms in total. The molecule has 4 aromatic rings. The molecule has 3 heterocycles. The van der Waals surface area contributed by atoms with E-state index in [2.05, 4.69) is 15.0 Å². The largest absolute Gasteiger partial charge is 0.295 e. The molecule has 28 heavy (non-hydrogen) atoms. The van der Waals surface area contributed by atoms with Crippen LogP contribution in [0.5, 0.6) is 0 Å². The van der Waals surface area contributed by atoms with E-state index in [0.717, 1.165) is 41.3 Å². The first-order chi connectivity index (χ1) is 13.7. The average Bonchev–Trinajstić information content (AvgIpc) is 3.46. The van der Waals surface area contributed by atoms with Crippen LogP contribution in [0.2, 0.25) is 0 Å². The first-order valence-electron chi connectivity index (χ1n) is 8.87. The Hall–Kier alpha value is -3.65. The van der Waals surface area contributed by atoms with E-state index < -0.39 is 5.91 Å². The fraction of sp³-hybridized carbons (Fsp3) is 0.150. The van der Waals surface area contributed by atoms with Gasteiger partial charge >= 0.3 is 0 Å². The van der Waals surface area contributed by atoms with Gasteiger partial charge in [-0.15, -0.1) is 0 Å². The van der Waals surface area contributed by atoms with Crippen molar-refractivity contribution in [2.75, 3.05) is 0 Å². The van der Waals surface area contributed by atoms with Crippen molar-refractivity contribution in [3.05, 3.63) is 78.3 Å². The molecular weight excluding hydrogens is 356 g/mol. The third kappa shape index (κ3) is 2.54. The molecule has 138 valence electrons. The molecule has 0 unspecified atom stereocenters. The monoisotopic (exact) mass is 372 g/mol. The predicted octanol–water partition coefficient (Wildman–Crippen LogP) is 2.39. The minimum absolute atomic E-state index is 0.316. The molecule has 0 radical (unpaired) electrons. The van der Waals surface area contributed by atoms with E-state index in [0.29, 0.717) is 5.56 Å². The number of amides is 1. The smallest absolute Gasteiger partial charge is 0.274 e. The van der Waals surface area contributed by atoms with Gasteiger partial charge in [0.15, 0.2) is 5.65 Å². The minimum atomic E-state index is -0.536. The lowest BCUT2D eigenvalue weighted by atomic mass is 9.93. The summed E-state index contributed by atoms with van der Waals surface area (Å²) in [5.74, 6) is 0.183. The highest BCUT2D eigenvalue weighted by atomic mass is 16.5. The van der Waals surface area contributed by atoms with E-state index in [1.165, 1.54) is 0 Å². The van der Waals surface area contributed by atoms with Gasteiger partial charge in [-0.3, -0.25) is 19.4 Å². The van der Waals surface area contributed by atoms with Crippen molar-refractivity contribution in [1.82, 2.24) is 29.8 Å². The molecule has 0 spiro atoms. The summed E-state index contributed by atoms with van der Waals surface area (Å²) in [5, 5.41) is 8.91. The topological polar surface area (TPSA) is 105 Å². The van der Waals surface area contributed by atoms with Crippen LogP contribution in [-0.4, -0.2) is 35.5 Å². The number of rotatable bonds is 4. The molecule has 1 amide bonds. The standard InChI is InChI=1S/C20H16N6O2/c27-18(25-28)13-2-1-3-14(10-13)20(5-6-20)19-22-7-4-15(24-19)16-11-23-17-12-21-8-9-26(16)17/h1-4,7-12,28H,5-6H2,(H,25,27). The lowest BCUT2D eigenvalue weighted by Gasteiger charge is -2.16. The quantitative estimate of drug-likeness (QED) is 0.421. The van der Waals surface area contributed by atoms with Crippen LogP contribution >= 0.6 is 0 Å². The average molecular weight is 372 g/mol. The summed E-state index contributed by atoms with van der Waals surface area (Å²) in [4.78, 5) is 29.6. The van der Waals surface area contributed by atoms with Gasteiger partial charge in [-0.2, -0.15) is 0 Å². The summed E-state index contributed by atoms with van der Waals surface area (Å²) < 4.78 is 1.94. The van der Waals surface area contributed by atoms with E-state index in [1.54, 1.807) is 48.5 Å². The highest BCUT2D eigenvalue weighted by molar-refractivity contribution is 5.93. The van der Waals surface area contributed by atoms with Gasteiger partial charge in [0.2, 0.25) is 0 Å². The van der Waals surface area contributed by atoms with Crippen LogP contribution in [0.15, 0.2) is 61.3 Å².